The molecular weight excluding hydrogens is 190 g/mol. The molecule has 2 N–H and O–H groups in total. The van der Waals surface area contributed by atoms with E-state index in [9.17, 15) is 0 Å². The SMILES string of the molecule is CC(N)CCc1cccc2c1OCCO2. The van der Waals surface area contributed by atoms with Crippen LogP contribution in [0.25, 0.3) is 0 Å². The highest BCUT2D eigenvalue weighted by atomic mass is 16.6. The van der Waals surface area contributed by atoms with E-state index in [1.54, 1.807) is 0 Å². The van der Waals surface area contributed by atoms with Gasteiger partial charge in [0.25, 0.3) is 0 Å². The summed E-state index contributed by atoms with van der Waals surface area (Å²) in [6, 6.07) is 6.26. The van der Waals surface area contributed by atoms with Crippen LogP contribution in [0.5, 0.6) is 11.5 Å². The Kier molecular flexibility index (Phi) is 3.11. The van der Waals surface area contributed by atoms with E-state index >= 15 is 0 Å². The van der Waals surface area contributed by atoms with E-state index in [-0.39, 0.29) is 6.04 Å². The van der Waals surface area contributed by atoms with Gasteiger partial charge < -0.3 is 15.2 Å². The zero-order valence-corrected chi connectivity index (χ0v) is 9.03. The fourth-order valence-electron chi connectivity index (χ4n) is 1.71. The first-order valence-corrected chi connectivity index (χ1v) is 5.40. The maximum Gasteiger partial charge on any atom is 0.164 e. The fraction of sp³-hybridized carbons (Fsp3) is 0.500. The van der Waals surface area contributed by atoms with Crippen molar-refractivity contribution < 1.29 is 9.47 Å². The lowest BCUT2D eigenvalue weighted by molar-refractivity contribution is 0.170. The van der Waals surface area contributed by atoms with Crippen LogP contribution < -0.4 is 15.2 Å². The standard InChI is InChI=1S/C12H17NO2/c1-9(13)5-6-10-3-2-4-11-12(10)15-8-7-14-11/h2-4,9H,5-8,13H2,1H3. The molecule has 1 aliphatic heterocycles. The minimum absolute atomic E-state index is 0.227. The van der Waals surface area contributed by atoms with E-state index in [0.717, 1.165) is 24.3 Å². The van der Waals surface area contributed by atoms with Gasteiger partial charge in [0.1, 0.15) is 13.2 Å². The molecule has 0 aliphatic carbocycles. The number of aryl methyl sites for hydroxylation is 1. The van der Waals surface area contributed by atoms with E-state index in [0.29, 0.717) is 13.2 Å². The molecule has 0 saturated heterocycles. The Morgan fingerprint density at radius 3 is 2.93 bits per heavy atom. The molecule has 0 bridgehead atoms. The normalized spacial score (nSPS) is 16.1. The Bertz CT molecular complexity index is 336. The Morgan fingerprint density at radius 2 is 2.13 bits per heavy atom. The maximum atomic E-state index is 5.74. The number of rotatable bonds is 3. The molecule has 0 saturated carbocycles. The van der Waals surface area contributed by atoms with E-state index in [2.05, 4.69) is 6.07 Å². The molecular formula is C12H17NO2. The number of hydrogen-bond acceptors (Lipinski definition) is 3. The monoisotopic (exact) mass is 207 g/mol. The highest BCUT2D eigenvalue weighted by Gasteiger charge is 2.15. The van der Waals surface area contributed by atoms with Crippen molar-refractivity contribution in [2.75, 3.05) is 13.2 Å². The summed E-state index contributed by atoms with van der Waals surface area (Å²) < 4.78 is 11.1. The van der Waals surface area contributed by atoms with Crippen LogP contribution in [0.4, 0.5) is 0 Å². The van der Waals surface area contributed by atoms with Gasteiger partial charge in [-0.25, -0.2) is 0 Å². The van der Waals surface area contributed by atoms with E-state index in [1.165, 1.54) is 5.56 Å². The smallest absolute Gasteiger partial charge is 0.164 e. The topological polar surface area (TPSA) is 44.5 Å². The summed E-state index contributed by atoms with van der Waals surface area (Å²) in [4.78, 5) is 0. The summed E-state index contributed by atoms with van der Waals surface area (Å²) >= 11 is 0. The number of benzene rings is 1. The zero-order valence-electron chi connectivity index (χ0n) is 9.03. The van der Waals surface area contributed by atoms with Crippen molar-refractivity contribution in [3.8, 4) is 11.5 Å². The molecule has 1 atom stereocenters. The molecule has 15 heavy (non-hydrogen) atoms. The van der Waals surface area contributed by atoms with Crippen molar-refractivity contribution in [1.82, 2.24) is 0 Å². The number of ether oxygens (including phenoxy) is 2. The molecule has 2 rings (SSSR count). The fourth-order valence-corrected chi connectivity index (χ4v) is 1.71. The zero-order chi connectivity index (χ0) is 10.7. The Labute approximate surface area is 90.2 Å². The lowest BCUT2D eigenvalue weighted by Gasteiger charge is -2.21. The second-order valence-corrected chi connectivity index (χ2v) is 3.96. The molecule has 0 amide bonds. The minimum atomic E-state index is 0.227. The molecule has 3 nitrogen and oxygen atoms in total. The molecule has 1 heterocycles. The van der Waals surface area contributed by atoms with Crippen molar-refractivity contribution in [2.24, 2.45) is 5.73 Å². The van der Waals surface area contributed by atoms with Crippen molar-refractivity contribution in [2.45, 2.75) is 25.8 Å². The van der Waals surface area contributed by atoms with Crippen LogP contribution in [0.1, 0.15) is 18.9 Å². The first-order valence-electron chi connectivity index (χ1n) is 5.40. The largest absolute Gasteiger partial charge is 0.486 e. The summed E-state index contributed by atoms with van der Waals surface area (Å²) in [6.45, 7) is 3.30. The third kappa shape index (κ3) is 2.42. The van der Waals surface area contributed by atoms with Crippen LogP contribution >= 0.6 is 0 Å². The highest BCUT2D eigenvalue weighted by molar-refractivity contribution is 5.47. The van der Waals surface area contributed by atoms with Gasteiger partial charge >= 0.3 is 0 Å². The van der Waals surface area contributed by atoms with Gasteiger partial charge in [0.2, 0.25) is 0 Å². The molecule has 1 unspecified atom stereocenters. The summed E-state index contributed by atoms with van der Waals surface area (Å²) in [6.07, 6.45) is 1.92. The van der Waals surface area contributed by atoms with E-state index in [1.807, 2.05) is 19.1 Å². The second-order valence-electron chi connectivity index (χ2n) is 3.96. The van der Waals surface area contributed by atoms with Crippen LogP contribution in [0.15, 0.2) is 18.2 Å². The third-order valence-electron chi connectivity index (χ3n) is 2.52. The van der Waals surface area contributed by atoms with Gasteiger partial charge in [0.05, 0.1) is 0 Å². The van der Waals surface area contributed by atoms with Gasteiger partial charge in [0.15, 0.2) is 11.5 Å². The van der Waals surface area contributed by atoms with Crippen LogP contribution in [0.2, 0.25) is 0 Å². The van der Waals surface area contributed by atoms with Gasteiger partial charge in [-0.2, -0.15) is 0 Å². The average molecular weight is 207 g/mol. The molecule has 0 radical (unpaired) electrons. The van der Waals surface area contributed by atoms with Gasteiger partial charge in [-0.15, -0.1) is 0 Å². The lowest BCUT2D eigenvalue weighted by atomic mass is 10.0. The molecule has 82 valence electrons. The molecule has 0 aromatic heterocycles. The average Bonchev–Trinajstić information content (AvgIpc) is 2.26. The number of fused-ring (bicyclic) bond motifs is 1. The van der Waals surface area contributed by atoms with Crippen LogP contribution in [0, 0.1) is 0 Å². The second kappa shape index (κ2) is 4.53. The van der Waals surface area contributed by atoms with Gasteiger partial charge in [-0.3, -0.25) is 0 Å². The van der Waals surface area contributed by atoms with Gasteiger partial charge in [0, 0.05) is 6.04 Å². The maximum absolute atomic E-state index is 5.74. The summed E-state index contributed by atoms with van der Waals surface area (Å²) in [5.74, 6) is 1.77. The molecule has 3 heteroatoms. The predicted octanol–water partition coefficient (Wildman–Crippen LogP) is 1.74. The van der Waals surface area contributed by atoms with E-state index < -0.39 is 0 Å². The molecule has 0 fully saturated rings. The van der Waals surface area contributed by atoms with Crippen molar-refractivity contribution in [3.63, 3.8) is 0 Å². The first kappa shape index (κ1) is 10.3. The Hall–Kier alpha value is -1.22. The van der Waals surface area contributed by atoms with Gasteiger partial charge in [-0.05, 0) is 31.4 Å². The number of para-hydroxylation sites is 1. The van der Waals surface area contributed by atoms with Gasteiger partial charge in [-0.1, -0.05) is 12.1 Å². The summed E-state index contributed by atoms with van der Waals surface area (Å²) in [7, 11) is 0. The third-order valence-corrected chi connectivity index (χ3v) is 2.52. The molecule has 1 aromatic carbocycles. The Balaban J connectivity index is 2.16. The Morgan fingerprint density at radius 1 is 1.33 bits per heavy atom. The van der Waals surface area contributed by atoms with Crippen LogP contribution in [0.3, 0.4) is 0 Å². The number of nitrogens with two attached hydrogens (primary N) is 1. The van der Waals surface area contributed by atoms with Crippen molar-refractivity contribution >= 4 is 0 Å². The minimum Gasteiger partial charge on any atom is -0.486 e. The lowest BCUT2D eigenvalue weighted by Crippen LogP contribution is -2.18. The van der Waals surface area contributed by atoms with E-state index in [4.69, 9.17) is 15.2 Å². The molecule has 0 spiro atoms. The van der Waals surface area contributed by atoms with Crippen molar-refractivity contribution in [3.05, 3.63) is 23.8 Å². The first-order chi connectivity index (χ1) is 7.27. The highest BCUT2D eigenvalue weighted by Crippen LogP contribution is 2.34. The quantitative estimate of drug-likeness (QED) is 0.821. The summed E-state index contributed by atoms with van der Waals surface area (Å²) in [5, 5.41) is 0. The predicted molar refractivity (Wildman–Crippen MR) is 59.4 cm³/mol. The molecule has 1 aromatic rings. The molecule has 1 aliphatic rings. The van der Waals surface area contributed by atoms with Crippen LogP contribution in [-0.4, -0.2) is 19.3 Å². The van der Waals surface area contributed by atoms with Crippen molar-refractivity contribution in [1.29, 1.82) is 0 Å². The number of hydrogen-bond donors (Lipinski definition) is 1. The summed E-state index contributed by atoms with van der Waals surface area (Å²) in [5.41, 5.74) is 6.94. The van der Waals surface area contributed by atoms with Crippen LogP contribution in [-0.2, 0) is 6.42 Å².